The number of H-pyrrole nitrogens is 1. The number of carbonyl (C=O) groups is 1. The van der Waals surface area contributed by atoms with Crippen LogP contribution in [0.25, 0.3) is 11.0 Å². The van der Waals surface area contributed by atoms with Gasteiger partial charge in [-0.2, -0.15) is 0 Å². The second-order valence-corrected chi connectivity index (χ2v) is 8.04. The zero-order chi connectivity index (χ0) is 19.1. The van der Waals surface area contributed by atoms with Gasteiger partial charge in [0.1, 0.15) is 0 Å². The molecule has 1 atom stereocenters. The molecule has 1 aliphatic rings. The van der Waals surface area contributed by atoms with Crippen molar-refractivity contribution in [2.24, 2.45) is 5.41 Å². The van der Waals surface area contributed by atoms with Gasteiger partial charge in [-0.05, 0) is 54.0 Å². The zero-order valence-corrected chi connectivity index (χ0v) is 15.7. The summed E-state index contributed by atoms with van der Waals surface area (Å²) in [6.07, 6.45) is 3.99. The van der Waals surface area contributed by atoms with Crippen LogP contribution >= 0.6 is 0 Å². The molecule has 0 radical (unpaired) electrons. The van der Waals surface area contributed by atoms with Crippen LogP contribution in [0.15, 0.2) is 48.8 Å². The lowest BCUT2D eigenvalue weighted by Crippen LogP contribution is -2.47. The van der Waals surface area contributed by atoms with Crippen molar-refractivity contribution in [1.29, 1.82) is 0 Å². The summed E-state index contributed by atoms with van der Waals surface area (Å²) >= 11 is 0. The summed E-state index contributed by atoms with van der Waals surface area (Å²) in [6, 6.07) is 13.5. The van der Waals surface area contributed by atoms with Crippen molar-refractivity contribution < 1.29 is 9.90 Å². The number of aryl methyl sites for hydroxylation is 1. The molecular formula is C22H25N3O2. The number of aromatic amines is 1. The van der Waals surface area contributed by atoms with Crippen molar-refractivity contribution in [3.05, 3.63) is 65.5 Å². The summed E-state index contributed by atoms with van der Waals surface area (Å²) in [4.78, 5) is 19.7. The minimum atomic E-state index is -0.956. The van der Waals surface area contributed by atoms with Crippen LogP contribution in [0.5, 0.6) is 0 Å². The molecule has 2 aromatic carbocycles. The molecule has 5 nitrogen and oxygen atoms in total. The number of hydrogen-bond acceptors (Lipinski definition) is 3. The highest BCUT2D eigenvalue weighted by molar-refractivity contribution is 5.97. The Morgan fingerprint density at radius 3 is 2.93 bits per heavy atom. The highest BCUT2D eigenvalue weighted by atomic mass is 16.3. The Morgan fingerprint density at radius 2 is 2.07 bits per heavy atom. The molecule has 1 unspecified atom stereocenters. The number of amides is 1. The van der Waals surface area contributed by atoms with Gasteiger partial charge in [-0.1, -0.05) is 38.1 Å². The maximum Gasteiger partial charge on any atom is 0.251 e. The molecule has 0 fully saturated rings. The molecule has 27 heavy (non-hydrogen) atoms. The lowest BCUT2D eigenvalue weighted by molar-refractivity contribution is -0.0910. The Hall–Kier alpha value is -2.66. The van der Waals surface area contributed by atoms with Crippen LogP contribution in [0.1, 0.15) is 48.2 Å². The van der Waals surface area contributed by atoms with E-state index in [1.165, 1.54) is 5.56 Å². The summed E-state index contributed by atoms with van der Waals surface area (Å²) in [5, 5.41) is 14.5. The largest absolute Gasteiger partial charge is 0.385 e. The molecule has 0 aliphatic heterocycles. The third kappa shape index (κ3) is 3.02. The Bertz CT molecular complexity index is 992. The van der Waals surface area contributed by atoms with Gasteiger partial charge in [0.25, 0.3) is 5.91 Å². The molecule has 3 N–H and O–H groups in total. The minimum Gasteiger partial charge on any atom is -0.385 e. The van der Waals surface area contributed by atoms with Gasteiger partial charge >= 0.3 is 0 Å². The van der Waals surface area contributed by atoms with Gasteiger partial charge in [0.2, 0.25) is 0 Å². The first kappa shape index (κ1) is 17.7. The maximum absolute atomic E-state index is 12.5. The summed E-state index contributed by atoms with van der Waals surface area (Å²) in [5.41, 5.74) is 3.25. The second-order valence-electron chi connectivity index (χ2n) is 8.04. The number of aromatic nitrogens is 2. The van der Waals surface area contributed by atoms with Crippen LogP contribution in [0.3, 0.4) is 0 Å². The zero-order valence-electron chi connectivity index (χ0n) is 15.7. The summed E-state index contributed by atoms with van der Waals surface area (Å²) in [5.74, 6) is -0.142. The average Bonchev–Trinajstić information content (AvgIpc) is 3.13. The molecule has 1 amide bonds. The number of carbonyl (C=O) groups excluding carboxylic acids is 1. The molecule has 4 rings (SSSR count). The Labute approximate surface area is 158 Å². The van der Waals surface area contributed by atoms with Crippen molar-refractivity contribution in [1.82, 2.24) is 15.3 Å². The van der Waals surface area contributed by atoms with Crippen molar-refractivity contribution in [3.63, 3.8) is 0 Å². The predicted octanol–water partition coefficient (Wildman–Crippen LogP) is 3.54. The van der Waals surface area contributed by atoms with E-state index < -0.39 is 5.60 Å². The fraction of sp³-hybridized carbons (Fsp3) is 0.364. The number of nitrogens with zero attached hydrogens (tertiary/aromatic N) is 1. The van der Waals surface area contributed by atoms with E-state index in [0.717, 1.165) is 29.4 Å². The van der Waals surface area contributed by atoms with Crippen LogP contribution in [0, 0.1) is 5.41 Å². The van der Waals surface area contributed by atoms with Crippen LogP contribution in [-0.2, 0) is 12.0 Å². The summed E-state index contributed by atoms with van der Waals surface area (Å²) in [7, 11) is 0. The van der Waals surface area contributed by atoms with E-state index in [2.05, 4.69) is 35.2 Å². The van der Waals surface area contributed by atoms with Crippen LogP contribution in [0.4, 0.5) is 0 Å². The van der Waals surface area contributed by atoms with Crippen molar-refractivity contribution in [3.8, 4) is 0 Å². The van der Waals surface area contributed by atoms with Gasteiger partial charge in [0.15, 0.2) is 0 Å². The summed E-state index contributed by atoms with van der Waals surface area (Å²) in [6.45, 7) is 4.63. The lowest BCUT2D eigenvalue weighted by atomic mass is 9.61. The first-order valence-electron chi connectivity index (χ1n) is 9.43. The Kier molecular flexibility index (Phi) is 4.27. The topological polar surface area (TPSA) is 78.0 Å². The molecule has 1 aliphatic carbocycles. The van der Waals surface area contributed by atoms with E-state index in [1.807, 2.05) is 24.3 Å². The number of benzene rings is 2. The SMILES string of the molecule is CC1(C)CCc2ccccc2C1(O)CCNC(=O)c1ccc2nc[nH]c2c1. The van der Waals surface area contributed by atoms with Crippen LogP contribution < -0.4 is 5.32 Å². The molecule has 1 aromatic heterocycles. The summed E-state index contributed by atoms with van der Waals surface area (Å²) < 4.78 is 0. The first-order chi connectivity index (χ1) is 12.9. The Balaban J connectivity index is 1.49. The van der Waals surface area contributed by atoms with Crippen LogP contribution in [-0.4, -0.2) is 27.5 Å². The quantitative estimate of drug-likeness (QED) is 0.663. The standard InChI is InChI=1S/C22H25N3O2/c1-21(2)10-9-15-5-3-4-6-17(15)22(21,27)11-12-23-20(26)16-7-8-18-19(13-16)25-14-24-18/h3-8,13-14,27H,9-12H2,1-2H3,(H,23,26)(H,24,25). The van der Waals surface area contributed by atoms with Crippen LogP contribution in [0.2, 0.25) is 0 Å². The molecule has 0 saturated heterocycles. The molecule has 0 saturated carbocycles. The lowest BCUT2D eigenvalue weighted by Gasteiger charge is -2.48. The maximum atomic E-state index is 12.5. The molecule has 3 aromatic rings. The minimum absolute atomic E-state index is 0.142. The molecule has 1 heterocycles. The van der Waals surface area contributed by atoms with E-state index in [9.17, 15) is 9.90 Å². The van der Waals surface area contributed by atoms with Crippen molar-refractivity contribution >= 4 is 16.9 Å². The average molecular weight is 363 g/mol. The molecular weight excluding hydrogens is 338 g/mol. The van der Waals surface area contributed by atoms with Crippen molar-refractivity contribution in [2.45, 2.75) is 38.7 Å². The number of fused-ring (bicyclic) bond motifs is 2. The van der Waals surface area contributed by atoms with Gasteiger partial charge in [-0.15, -0.1) is 0 Å². The van der Waals surface area contributed by atoms with E-state index in [0.29, 0.717) is 18.5 Å². The third-order valence-corrected chi connectivity index (χ3v) is 6.06. The number of hydrogen-bond donors (Lipinski definition) is 3. The van der Waals surface area contributed by atoms with Gasteiger partial charge in [0, 0.05) is 12.1 Å². The number of imidazole rings is 1. The van der Waals surface area contributed by atoms with Crippen molar-refractivity contribution in [2.75, 3.05) is 6.54 Å². The van der Waals surface area contributed by atoms with Gasteiger partial charge in [-0.3, -0.25) is 4.79 Å². The molecule has 0 bridgehead atoms. The fourth-order valence-corrected chi connectivity index (χ4v) is 4.17. The van der Waals surface area contributed by atoms with E-state index in [4.69, 9.17) is 0 Å². The van der Waals surface area contributed by atoms with Gasteiger partial charge in [0.05, 0.1) is 23.0 Å². The molecule has 5 heteroatoms. The monoisotopic (exact) mass is 363 g/mol. The predicted molar refractivity (Wildman–Crippen MR) is 105 cm³/mol. The normalized spacial score (nSPS) is 21.0. The Morgan fingerprint density at radius 1 is 1.26 bits per heavy atom. The highest BCUT2D eigenvalue weighted by Gasteiger charge is 2.47. The van der Waals surface area contributed by atoms with E-state index in [1.54, 1.807) is 18.5 Å². The fourth-order valence-electron chi connectivity index (χ4n) is 4.17. The number of nitrogens with one attached hydrogen (secondary N) is 2. The van der Waals surface area contributed by atoms with E-state index >= 15 is 0 Å². The highest BCUT2D eigenvalue weighted by Crippen LogP contribution is 2.49. The van der Waals surface area contributed by atoms with E-state index in [-0.39, 0.29) is 11.3 Å². The van der Waals surface area contributed by atoms with Gasteiger partial charge < -0.3 is 15.4 Å². The second kappa shape index (κ2) is 6.50. The smallest absolute Gasteiger partial charge is 0.251 e. The first-order valence-corrected chi connectivity index (χ1v) is 9.43. The number of aliphatic hydroxyl groups is 1. The molecule has 140 valence electrons. The van der Waals surface area contributed by atoms with Gasteiger partial charge in [-0.25, -0.2) is 4.98 Å². The molecule has 0 spiro atoms. The number of rotatable bonds is 4. The third-order valence-electron chi connectivity index (χ3n) is 6.06.